The van der Waals surface area contributed by atoms with E-state index in [0.717, 1.165) is 38.5 Å². The smallest absolute Gasteiger partial charge is 0.302 e. The summed E-state index contributed by atoms with van der Waals surface area (Å²) < 4.78 is 28.3. The molecule has 0 unspecified atom stereocenters. The van der Waals surface area contributed by atoms with E-state index in [9.17, 15) is 9.90 Å². The number of ether oxygens (including phenoxy) is 5. The van der Waals surface area contributed by atoms with Gasteiger partial charge in [0, 0.05) is 21.1 Å². The second kappa shape index (κ2) is 10.9. The van der Waals surface area contributed by atoms with Crippen LogP contribution in [-0.4, -0.2) is 63.8 Å². The molecule has 0 bridgehead atoms. The number of methoxy groups -OCH3 is 2. The van der Waals surface area contributed by atoms with Gasteiger partial charge < -0.3 is 28.8 Å². The monoisotopic (exact) mass is 496 g/mol. The highest BCUT2D eigenvalue weighted by Gasteiger charge is 2.65. The number of hydrogen-bond donors (Lipinski definition) is 1. The summed E-state index contributed by atoms with van der Waals surface area (Å²) in [5.74, 6) is 2.03. The minimum atomic E-state index is -0.317. The van der Waals surface area contributed by atoms with Crippen molar-refractivity contribution in [3.05, 3.63) is 0 Å². The number of hydrogen-bond acceptors (Lipinski definition) is 7. The van der Waals surface area contributed by atoms with Crippen molar-refractivity contribution in [1.82, 2.24) is 0 Å². The normalized spacial score (nSPS) is 45.8. The maximum atomic E-state index is 11.5. The average Bonchev–Trinajstić information content (AvgIpc) is 3.10. The van der Waals surface area contributed by atoms with Gasteiger partial charge in [-0.15, -0.1) is 0 Å². The Balaban J connectivity index is 1.58. The molecule has 0 aromatic carbocycles. The van der Waals surface area contributed by atoms with Crippen LogP contribution in [0.15, 0.2) is 0 Å². The molecule has 11 atom stereocenters. The van der Waals surface area contributed by atoms with Crippen LogP contribution >= 0.6 is 0 Å². The molecule has 0 heterocycles. The van der Waals surface area contributed by atoms with E-state index in [4.69, 9.17) is 23.7 Å². The summed E-state index contributed by atoms with van der Waals surface area (Å²) in [6.45, 7) is 9.60. The second-order valence-electron chi connectivity index (χ2n) is 12.5. The minimum Gasteiger partial charge on any atom is -0.466 e. The largest absolute Gasteiger partial charge is 0.466 e. The maximum Gasteiger partial charge on any atom is 0.302 e. The summed E-state index contributed by atoms with van der Waals surface area (Å²) in [5.41, 5.74) is 0.213. The van der Waals surface area contributed by atoms with Gasteiger partial charge in [-0.25, -0.2) is 0 Å². The molecule has 4 saturated carbocycles. The molecule has 0 radical (unpaired) electrons. The highest BCUT2D eigenvalue weighted by Crippen LogP contribution is 2.68. The summed E-state index contributed by atoms with van der Waals surface area (Å²) in [6, 6.07) is 0. The van der Waals surface area contributed by atoms with Crippen molar-refractivity contribution in [2.24, 2.45) is 46.3 Å². The third-order valence-electron chi connectivity index (χ3n) is 10.7. The maximum absolute atomic E-state index is 11.5. The van der Waals surface area contributed by atoms with Crippen molar-refractivity contribution in [3.8, 4) is 0 Å². The number of rotatable bonds is 9. The molecule has 0 aromatic rings. The molecule has 1 N–H and O–H groups in total. The predicted octanol–water partition coefficient (Wildman–Crippen LogP) is 4.40. The zero-order chi connectivity index (χ0) is 25.4. The van der Waals surface area contributed by atoms with Crippen molar-refractivity contribution in [1.29, 1.82) is 0 Å². The van der Waals surface area contributed by atoms with Gasteiger partial charge in [-0.05, 0) is 91.3 Å². The van der Waals surface area contributed by atoms with Gasteiger partial charge in [-0.1, -0.05) is 20.8 Å². The van der Waals surface area contributed by atoms with Crippen molar-refractivity contribution in [3.63, 3.8) is 0 Å². The Labute approximate surface area is 211 Å². The topological polar surface area (TPSA) is 83.5 Å². The van der Waals surface area contributed by atoms with Crippen LogP contribution in [0.25, 0.3) is 0 Å². The van der Waals surface area contributed by atoms with E-state index in [1.54, 1.807) is 14.2 Å². The van der Waals surface area contributed by atoms with E-state index in [1.807, 2.05) is 0 Å². The Hall–Kier alpha value is -0.730. The number of esters is 1. The van der Waals surface area contributed by atoms with Gasteiger partial charge in [-0.2, -0.15) is 0 Å². The van der Waals surface area contributed by atoms with Crippen molar-refractivity contribution in [2.45, 2.75) is 91.0 Å². The van der Waals surface area contributed by atoms with Crippen LogP contribution in [-0.2, 0) is 28.5 Å². The van der Waals surface area contributed by atoms with E-state index in [1.165, 1.54) is 13.3 Å². The first-order valence-corrected chi connectivity index (χ1v) is 13.7. The summed E-state index contributed by atoms with van der Waals surface area (Å²) in [5, 5.41) is 11.5. The van der Waals surface area contributed by atoms with Crippen LogP contribution in [0, 0.1) is 46.3 Å². The molecule has 4 aliphatic rings. The standard InChI is InChI=1S/C28H48O7/c1-17(14-33-18(2)29)22-13-24(30)26-20-12-25(35-16-32-6)23-11-19(34-15-31-5)7-9-27(23,3)21(20)8-10-28(22,26)4/h17,19-26,30H,7-16H2,1-6H3/t17-,19+,20-,21+,22-,23-,24-,25+,26-,27-,28-/m1/s1. The Kier molecular flexibility index (Phi) is 8.54. The molecule has 4 rings (SSSR count). The lowest BCUT2D eigenvalue weighted by molar-refractivity contribution is -0.219. The zero-order valence-electron chi connectivity index (χ0n) is 22.7. The van der Waals surface area contributed by atoms with Gasteiger partial charge in [-0.3, -0.25) is 4.79 Å². The molecule has 0 saturated heterocycles. The van der Waals surface area contributed by atoms with Crippen LogP contribution in [0.3, 0.4) is 0 Å². The molecule has 4 fully saturated rings. The summed E-state index contributed by atoms with van der Waals surface area (Å²) in [4.78, 5) is 11.4. The van der Waals surface area contributed by atoms with E-state index in [2.05, 4.69) is 20.8 Å². The molecule has 0 spiro atoms. The highest BCUT2D eigenvalue weighted by molar-refractivity contribution is 5.65. The number of carbonyl (C=O) groups is 1. The van der Waals surface area contributed by atoms with Crippen molar-refractivity contribution < 1.29 is 33.6 Å². The van der Waals surface area contributed by atoms with Gasteiger partial charge in [0.05, 0.1) is 24.9 Å². The van der Waals surface area contributed by atoms with Crippen LogP contribution in [0.1, 0.15) is 72.6 Å². The molecule has 7 nitrogen and oxygen atoms in total. The van der Waals surface area contributed by atoms with Gasteiger partial charge in [0.2, 0.25) is 0 Å². The Morgan fingerprint density at radius 2 is 1.66 bits per heavy atom. The van der Waals surface area contributed by atoms with Crippen LogP contribution < -0.4 is 0 Å². The summed E-state index contributed by atoms with van der Waals surface area (Å²) in [6.07, 6.45) is 7.21. The van der Waals surface area contributed by atoms with Crippen LogP contribution in [0.2, 0.25) is 0 Å². The molecule has 202 valence electrons. The number of carbonyl (C=O) groups excluding carboxylic acids is 1. The minimum absolute atomic E-state index is 0.0495. The quantitative estimate of drug-likeness (QED) is 0.374. The fraction of sp³-hybridized carbons (Fsp3) is 0.964. The van der Waals surface area contributed by atoms with Crippen LogP contribution in [0.5, 0.6) is 0 Å². The van der Waals surface area contributed by atoms with Crippen LogP contribution in [0.4, 0.5) is 0 Å². The summed E-state index contributed by atoms with van der Waals surface area (Å²) >= 11 is 0. The molecule has 35 heavy (non-hydrogen) atoms. The molecular formula is C28H48O7. The molecular weight excluding hydrogens is 448 g/mol. The Morgan fingerprint density at radius 3 is 2.34 bits per heavy atom. The lowest BCUT2D eigenvalue weighted by atomic mass is 9.43. The number of aliphatic hydroxyl groups excluding tert-OH is 1. The molecule has 4 aliphatic carbocycles. The lowest BCUT2D eigenvalue weighted by Crippen LogP contribution is -2.60. The number of fused-ring (bicyclic) bond motifs is 5. The van der Waals surface area contributed by atoms with E-state index in [0.29, 0.717) is 43.9 Å². The molecule has 0 aliphatic heterocycles. The predicted molar refractivity (Wildman–Crippen MR) is 131 cm³/mol. The fourth-order valence-electron chi connectivity index (χ4n) is 9.25. The third-order valence-corrected chi connectivity index (χ3v) is 10.7. The third kappa shape index (κ3) is 5.05. The lowest BCUT2D eigenvalue weighted by Gasteiger charge is -2.63. The van der Waals surface area contributed by atoms with Crippen molar-refractivity contribution >= 4 is 5.97 Å². The SMILES string of the molecule is COCO[C@H]1CC[C@@]2(C)[C@H](C1)[C@@H](OCOC)C[C@H]1[C@@H]3[C@H](O)C[C@H]([C@H](C)COC(C)=O)[C@@]3(C)CC[C@@H]12. The Bertz CT molecular complexity index is 730. The zero-order valence-corrected chi connectivity index (χ0v) is 22.7. The first-order valence-electron chi connectivity index (χ1n) is 13.7. The second-order valence-corrected chi connectivity index (χ2v) is 12.5. The first-order chi connectivity index (χ1) is 16.7. The molecule has 0 aromatic heterocycles. The fourth-order valence-corrected chi connectivity index (χ4v) is 9.25. The molecule has 7 heteroatoms. The van der Waals surface area contributed by atoms with Crippen molar-refractivity contribution in [2.75, 3.05) is 34.4 Å². The van der Waals surface area contributed by atoms with E-state index in [-0.39, 0.29) is 46.9 Å². The van der Waals surface area contributed by atoms with Gasteiger partial charge >= 0.3 is 5.97 Å². The average molecular weight is 497 g/mol. The van der Waals surface area contributed by atoms with E-state index < -0.39 is 0 Å². The number of aliphatic hydroxyl groups is 1. The van der Waals surface area contributed by atoms with Gasteiger partial charge in [0.25, 0.3) is 0 Å². The highest BCUT2D eigenvalue weighted by atomic mass is 16.7. The van der Waals surface area contributed by atoms with E-state index >= 15 is 0 Å². The first kappa shape index (κ1) is 27.3. The molecule has 0 amide bonds. The van der Waals surface area contributed by atoms with Gasteiger partial charge in [0.1, 0.15) is 13.6 Å². The Morgan fingerprint density at radius 1 is 0.971 bits per heavy atom. The van der Waals surface area contributed by atoms with Gasteiger partial charge in [0.15, 0.2) is 0 Å². The summed E-state index contributed by atoms with van der Waals surface area (Å²) in [7, 11) is 3.36.